The van der Waals surface area contributed by atoms with Crippen LogP contribution in [0.1, 0.15) is 153 Å². The first-order valence-corrected chi connectivity index (χ1v) is 46.7. The van der Waals surface area contributed by atoms with Crippen molar-refractivity contribution in [1.82, 2.24) is 39.9 Å². The summed E-state index contributed by atoms with van der Waals surface area (Å²) in [5.74, 6) is 0.779. The average molecular weight is 1320 g/mol. The highest BCUT2D eigenvalue weighted by Crippen LogP contribution is 2.43. The molecule has 0 aliphatic carbocycles. The SMILES string of the molecule is Cc1cnc(C(CS(C)(=O)=O)O[Si](C)(C)C(C)(C)C)nc1.Cc1cnc(C(CS(C)(=O)=O)O[Si](C)(C)C(C)(C)C)nc1.Cc1cnc(C(CS(N)(=O)=O)O[Si](C)(C)C(C)(C)C)nc1.Cc1cnc(C(CS(N)(=O)=O)O[Si](C)(C)C(C)(C)C)nc1. The molecule has 0 aromatic carbocycles. The molecule has 4 rings (SSSR count). The van der Waals surface area contributed by atoms with Crippen LogP contribution in [0.25, 0.3) is 0 Å². The minimum Gasteiger partial charge on any atom is -0.406 e. The van der Waals surface area contributed by atoms with Crippen molar-refractivity contribution >= 4 is 73.0 Å². The van der Waals surface area contributed by atoms with Gasteiger partial charge in [0.1, 0.15) is 44.1 Å². The largest absolute Gasteiger partial charge is 0.406 e. The lowest BCUT2D eigenvalue weighted by Crippen LogP contribution is -2.43. The van der Waals surface area contributed by atoms with Crippen molar-refractivity contribution in [2.45, 2.75) is 208 Å². The molecule has 0 aliphatic rings. The zero-order valence-electron chi connectivity index (χ0n) is 55.0. The molecule has 4 aromatic rings. The van der Waals surface area contributed by atoms with Crippen molar-refractivity contribution in [2.75, 3.05) is 35.5 Å². The summed E-state index contributed by atoms with van der Waals surface area (Å²) >= 11 is 0. The van der Waals surface area contributed by atoms with Crippen molar-refractivity contribution in [3.63, 3.8) is 0 Å². The Bertz CT molecular complexity index is 2740. The molecular weight excluding hydrogens is 1220 g/mol. The Morgan fingerprint density at radius 2 is 0.488 bits per heavy atom. The highest BCUT2D eigenvalue weighted by Gasteiger charge is 2.44. The summed E-state index contributed by atoms with van der Waals surface area (Å²) in [6, 6.07) is 0. The van der Waals surface area contributed by atoms with Crippen molar-refractivity contribution in [3.05, 3.63) is 95.1 Å². The molecule has 0 radical (unpaired) electrons. The summed E-state index contributed by atoms with van der Waals surface area (Å²) in [6.07, 6.45) is 13.1. The van der Waals surface area contributed by atoms with Gasteiger partial charge in [0, 0.05) is 62.1 Å². The number of aromatic nitrogens is 8. The van der Waals surface area contributed by atoms with Crippen LogP contribution in [0.15, 0.2) is 49.6 Å². The van der Waals surface area contributed by atoms with Gasteiger partial charge in [-0.2, -0.15) is 0 Å². The number of hydrogen-bond donors (Lipinski definition) is 2. The van der Waals surface area contributed by atoms with Crippen LogP contribution in [0.5, 0.6) is 0 Å². The number of nitrogens with zero attached hydrogens (tertiary/aromatic N) is 8. The van der Waals surface area contributed by atoms with E-state index in [1.54, 1.807) is 49.6 Å². The first kappa shape index (κ1) is 78.8. The Hall–Kier alpha value is -3.25. The van der Waals surface area contributed by atoms with E-state index in [-0.39, 0.29) is 43.2 Å². The normalized spacial score (nSPS) is 15.0. The van der Waals surface area contributed by atoms with E-state index in [9.17, 15) is 33.7 Å². The number of aryl methyl sites for hydroxylation is 4. The Kier molecular flexibility index (Phi) is 28.0. The van der Waals surface area contributed by atoms with Gasteiger partial charge in [0.25, 0.3) is 0 Å². The van der Waals surface area contributed by atoms with Crippen molar-refractivity contribution in [1.29, 1.82) is 0 Å². The summed E-state index contributed by atoms with van der Waals surface area (Å²) < 4.78 is 117. The van der Waals surface area contributed by atoms with Gasteiger partial charge < -0.3 is 17.7 Å². The Morgan fingerprint density at radius 3 is 0.607 bits per heavy atom. The smallest absolute Gasteiger partial charge is 0.212 e. The molecule has 22 nitrogen and oxygen atoms in total. The van der Waals surface area contributed by atoms with Crippen LogP contribution in [0.3, 0.4) is 0 Å². The van der Waals surface area contributed by atoms with Crippen LogP contribution in [0.2, 0.25) is 72.5 Å². The quantitative estimate of drug-likeness (QED) is 0.0777. The van der Waals surface area contributed by atoms with Crippen molar-refractivity contribution in [2.24, 2.45) is 10.3 Å². The molecule has 4 atom stereocenters. The molecule has 0 bridgehead atoms. The van der Waals surface area contributed by atoms with Crippen molar-refractivity contribution < 1.29 is 51.4 Å². The second kappa shape index (κ2) is 29.8. The van der Waals surface area contributed by atoms with Gasteiger partial charge in [-0.3, -0.25) is 0 Å². The molecule has 0 aliphatic heterocycles. The fraction of sp³-hybridized carbons (Fsp3) is 0.704. The minimum absolute atomic E-state index is 0.00650. The van der Waals surface area contributed by atoms with E-state index in [4.69, 9.17) is 28.0 Å². The molecule has 4 N–H and O–H groups in total. The second-order valence-corrected chi connectivity index (χ2v) is 54.5. The zero-order valence-corrected chi connectivity index (χ0v) is 62.3. The van der Waals surface area contributed by atoms with Gasteiger partial charge in [-0.1, -0.05) is 83.1 Å². The predicted octanol–water partition coefficient (Wildman–Crippen LogP) is 10.1. The average Bonchev–Trinajstić information content (AvgIpc) is 3.51. The molecule has 0 saturated carbocycles. The lowest BCUT2D eigenvalue weighted by atomic mass is 10.2. The number of primary sulfonamides is 2. The van der Waals surface area contributed by atoms with E-state index in [1.807, 2.05) is 27.7 Å². The molecule has 0 spiro atoms. The standard InChI is InChI=1S/2C14H26N2O3SSi.2C13H25N3O3SSi/c2*1-11-8-15-13(16-9-11)12(10-20(5,17)18)19-21(6,7)14(2,3)4;2*1-10-7-15-12(16-8-10)11(9-20(14,17)18)19-21(5,6)13(2,3)4/h2*8-9,12H,10H2,1-7H3;2*7-8,11H,9H2,1-6H3,(H2,14,17,18). The molecule has 4 heterocycles. The van der Waals surface area contributed by atoms with Crippen LogP contribution in [-0.4, -0.2) is 142 Å². The highest BCUT2D eigenvalue weighted by molar-refractivity contribution is 7.91. The number of sulfonamides is 2. The van der Waals surface area contributed by atoms with E-state index in [0.29, 0.717) is 23.3 Å². The summed E-state index contributed by atoms with van der Waals surface area (Å²) in [5.41, 5.74) is 3.68. The first-order valence-electron chi connectivity index (χ1n) is 27.5. The molecule has 0 amide bonds. The predicted molar refractivity (Wildman–Crippen MR) is 347 cm³/mol. The number of rotatable bonds is 20. The van der Waals surface area contributed by atoms with Crippen LogP contribution in [0.4, 0.5) is 0 Å². The Labute approximate surface area is 509 Å². The Morgan fingerprint density at radius 1 is 0.345 bits per heavy atom. The molecule has 0 fully saturated rings. The minimum atomic E-state index is -3.68. The lowest BCUT2D eigenvalue weighted by Gasteiger charge is -2.38. The third-order valence-corrected chi connectivity index (χ3v) is 36.3. The van der Waals surface area contributed by atoms with Gasteiger partial charge >= 0.3 is 0 Å². The van der Waals surface area contributed by atoms with E-state index >= 15 is 0 Å². The molecule has 84 heavy (non-hydrogen) atoms. The summed E-state index contributed by atoms with van der Waals surface area (Å²) in [6.45, 7) is 49.3. The van der Waals surface area contributed by atoms with Crippen LogP contribution >= 0.6 is 0 Å². The lowest BCUT2D eigenvalue weighted by molar-refractivity contribution is 0.195. The van der Waals surface area contributed by atoms with E-state index in [1.165, 1.54) is 12.5 Å². The van der Waals surface area contributed by atoms with Crippen molar-refractivity contribution in [3.8, 4) is 0 Å². The second-order valence-electron chi connectivity index (χ2n) is 27.8. The highest BCUT2D eigenvalue weighted by atomic mass is 32.2. The van der Waals surface area contributed by atoms with E-state index in [2.05, 4.69) is 175 Å². The fourth-order valence-electron chi connectivity index (χ4n) is 6.02. The van der Waals surface area contributed by atoms with Crippen LogP contribution in [-0.2, 0) is 57.4 Å². The fourth-order valence-corrected chi connectivity index (χ4v) is 14.3. The van der Waals surface area contributed by atoms with Crippen LogP contribution < -0.4 is 10.3 Å². The maximum absolute atomic E-state index is 11.7. The third-order valence-electron chi connectivity index (χ3n) is 15.0. The van der Waals surface area contributed by atoms with E-state index in [0.717, 1.165) is 22.3 Å². The zero-order chi connectivity index (χ0) is 65.9. The first-order chi connectivity index (χ1) is 37.3. The summed E-state index contributed by atoms with van der Waals surface area (Å²) in [7, 11) is -22.3. The topological polar surface area (TPSA) is 329 Å². The molecule has 0 saturated heterocycles. The molecule has 4 unspecified atom stereocenters. The van der Waals surface area contributed by atoms with Crippen LogP contribution in [0, 0.1) is 27.7 Å². The summed E-state index contributed by atoms with van der Waals surface area (Å²) in [5, 5.41) is 10.3. The van der Waals surface area contributed by atoms with E-state index < -0.39 is 97.4 Å². The maximum Gasteiger partial charge on any atom is 0.212 e. The third kappa shape index (κ3) is 28.7. The maximum atomic E-state index is 11.7. The number of hydrogen-bond acceptors (Lipinski definition) is 20. The van der Waals surface area contributed by atoms with Gasteiger partial charge in [-0.05, 0) is 122 Å². The summed E-state index contributed by atoms with van der Waals surface area (Å²) in [4.78, 5) is 33.8. The molecule has 30 heteroatoms. The van der Waals surface area contributed by atoms with Gasteiger partial charge in [-0.15, -0.1) is 0 Å². The molecular formula is C54H102N10O12S4Si4. The van der Waals surface area contributed by atoms with Gasteiger partial charge in [-0.25, -0.2) is 83.8 Å². The monoisotopic (exact) mass is 1320 g/mol. The molecule has 480 valence electrons. The Balaban J connectivity index is 0.000000560. The number of nitrogens with two attached hydrogens (primary N) is 2. The van der Waals surface area contributed by atoms with Gasteiger partial charge in [0.15, 0.2) is 56.6 Å². The van der Waals surface area contributed by atoms with Gasteiger partial charge in [0.2, 0.25) is 20.0 Å². The number of sulfone groups is 2. The van der Waals surface area contributed by atoms with Gasteiger partial charge in [0.05, 0.1) is 23.0 Å². The molecule has 4 aromatic heterocycles.